The van der Waals surface area contributed by atoms with Crippen molar-refractivity contribution >= 4 is 44.7 Å². The van der Waals surface area contributed by atoms with E-state index in [1.54, 1.807) is 18.2 Å². The van der Waals surface area contributed by atoms with E-state index in [0.29, 0.717) is 33.9 Å². The van der Waals surface area contributed by atoms with Gasteiger partial charge in [-0.25, -0.2) is 9.37 Å². The van der Waals surface area contributed by atoms with Crippen molar-refractivity contribution in [1.29, 1.82) is 0 Å². The lowest BCUT2D eigenvalue weighted by molar-refractivity contribution is 0.0854. The Morgan fingerprint density at radius 2 is 1.89 bits per heavy atom. The number of ether oxygens (including phenoxy) is 1. The highest BCUT2D eigenvalue weighted by Crippen LogP contribution is 2.43. The maximum Gasteiger partial charge on any atom is 0.151 e. The van der Waals surface area contributed by atoms with E-state index in [-0.39, 0.29) is 11.7 Å². The Bertz CT molecular complexity index is 1020. The van der Waals surface area contributed by atoms with Crippen LogP contribution in [-0.4, -0.2) is 24.5 Å². The molecule has 0 amide bonds. The Hall–Kier alpha value is -1.82. The van der Waals surface area contributed by atoms with Crippen LogP contribution in [0.15, 0.2) is 40.9 Å². The summed E-state index contributed by atoms with van der Waals surface area (Å²) < 4.78 is 19.7. The molecule has 1 aliphatic heterocycles. The van der Waals surface area contributed by atoms with Gasteiger partial charge < -0.3 is 4.74 Å². The average Bonchev–Trinajstić information content (AvgIpc) is 2.68. The lowest BCUT2D eigenvalue weighted by Gasteiger charge is -2.26. The first-order valence-corrected chi connectivity index (χ1v) is 9.87. The monoisotopic (exact) mass is 447 g/mol. The molecule has 27 heavy (non-hydrogen) atoms. The van der Waals surface area contributed by atoms with Crippen LogP contribution in [0.4, 0.5) is 4.39 Å². The van der Waals surface area contributed by atoms with E-state index < -0.39 is 0 Å². The fourth-order valence-corrected chi connectivity index (χ4v) is 4.43. The van der Waals surface area contributed by atoms with Gasteiger partial charge in [0.2, 0.25) is 0 Å². The summed E-state index contributed by atoms with van der Waals surface area (Å²) in [5.74, 6) is -0.0984. The summed E-state index contributed by atoms with van der Waals surface area (Å²) in [7, 11) is 0. The summed E-state index contributed by atoms with van der Waals surface area (Å²) in [5.41, 5.74) is 3.93. The predicted molar refractivity (Wildman–Crippen MR) is 108 cm³/mol. The molecule has 1 saturated heterocycles. The first kappa shape index (κ1) is 18.5. The molecule has 1 aliphatic rings. The number of fused-ring (bicyclic) bond motifs is 1. The molecular weight excluding hydrogens is 433 g/mol. The Morgan fingerprint density at radius 1 is 1.19 bits per heavy atom. The average molecular weight is 449 g/mol. The molecule has 1 aromatic heterocycles. The second-order valence-electron chi connectivity index (χ2n) is 6.59. The van der Waals surface area contributed by atoms with Gasteiger partial charge in [0.1, 0.15) is 11.0 Å². The minimum atomic E-state index is -0.299. The van der Waals surface area contributed by atoms with E-state index in [0.717, 1.165) is 41.2 Å². The van der Waals surface area contributed by atoms with E-state index >= 15 is 0 Å². The van der Waals surface area contributed by atoms with Crippen molar-refractivity contribution in [3.8, 4) is 11.1 Å². The van der Waals surface area contributed by atoms with Gasteiger partial charge in [-0.15, -0.1) is 0 Å². The topological polar surface area (TPSA) is 39.2 Å². The Kier molecular flexibility index (Phi) is 5.26. The third kappa shape index (κ3) is 3.51. The maximum absolute atomic E-state index is 13.5. The first-order chi connectivity index (χ1) is 13.1. The number of nitrogens with zero attached hydrogens (tertiary/aromatic N) is 1. The molecule has 1 fully saturated rings. The Morgan fingerprint density at radius 3 is 2.56 bits per heavy atom. The lowest BCUT2D eigenvalue weighted by Crippen LogP contribution is -2.16. The van der Waals surface area contributed by atoms with Gasteiger partial charge in [0.15, 0.2) is 6.29 Å². The van der Waals surface area contributed by atoms with Crippen LogP contribution in [-0.2, 0) is 4.74 Å². The van der Waals surface area contributed by atoms with Gasteiger partial charge in [-0.3, -0.25) is 4.79 Å². The van der Waals surface area contributed by atoms with E-state index in [1.807, 2.05) is 6.07 Å². The van der Waals surface area contributed by atoms with Crippen molar-refractivity contribution in [1.82, 2.24) is 4.98 Å². The quantitative estimate of drug-likeness (QED) is 0.356. The van der Waals surface area contributed by atoms with Gasteiger partial charge in [-0.05, 0) is 70.1 Å². The summed E-state index contributed by atoms with van der Waals surface area (Å²) in [5, 5.41) is 1.28. The van der Waals surface area contributed by atoms with Crippen LogP contribution < -0.4 is 0 Å². The van der Waals surface area contributed by atoms with Crippen LogP contribution in [0.1, 0.15) is 34.7 Å². The predicted octanol–water partition coefficient (Wildman–Crippen LogP) is 6.16. The van der Waals surface area contributed by atoms with Gasteiger partial charge >= 0.3 is 0 Å². The number of rotatable bonds is 3. The molecule has 6 heteroatoms. The molecule has 2 aromatic carbocycles. The summed E-state index contributed by atoms with van der Waals surface area (Å²) in [6.07, 6.45) is 2.50. The van der Waals surface area contributed by atoms with Gasteiger partial charge in [0, 0.05) is 34.2 Å². The summed E-state index contributed by atoms with van der Waals surface area (Å²) >= 11 is 10.0. The highest BCUT2D eigenvalue weighted by atomic mass is 79.9. The van der Waals surface area contributed by atoms with Crippen molar-refractivity contribution in [3.05, 3.63) is 63.0 Å². The van der Waals surface area contributed by atoms with Crippen molar-refractivity contribution < 1.29 is 13.9 Å². The largest absolute Gasteiger partial charge is 0.381 e. The van der Waals surface area contributed by atoms with E-state index in [4.69, 9.17) is 16.3 Å². The molecule has 4 rings (SSSR count). The van der Waals surface area contributed by atoms with Crippen molar-refractivity contribution in [3.63, 3.8) is 0 Å². The molecule has 0 unspecified atom stereocenters. The number of pyridine rings is 1. The van der Waals surface area contributed by atoms with Gasteiger partial charge in [-0.2, -0.15) is 0 Å². The Balaban J connectivity index is 2.06. The fraction of sp³-hybridized carbons (Fsp3) is 0.238. The number of carbonyl (C=O) groups is 1. The molecule has 0 bridgehead atoms. The van der Waals surface area contributed by atoms with Crippen molar-refractivity contribution in [2.75, 3.05) is 13.2 Å². The zero-order chi connectivity index (χ0) is 19.0. The molecule has 2 heterocycles. The summed E-state index contributed by atoms with van der Waals surface area (Å²) in [6.45, 7) is 1.34. The second kappa shape index (κ2) is 7.66. The van der Waals surface area contributed by atoms with E-state index in [1.165, 1.54) is 12.1 Å². The zero-order valence-corrected chi connectivity index (χ0v) is 16.7. The third-order valence-electron chi connectivity index (χ3n) is 4.98. The second-order valence-corrected chi connectivity index (χ2v) is 7.81. The molecule has 138 valence electrons. The number of hydrogen-bond donors (Lipinski definition) is 0. The standard InChI is InChI=1S/C21H16BrClFNO2/c22-17-10-18-16(9-14(17)11-26)19(12-1-3-15(24)4-2-12)20(21(23)25-18)13-5-7-27-8-6-13/h1-4,9-11,13H,5-8H2. The number of halogens is 3. The molecule has 3 aromatic rings. The summed E-state index contributed by atoms with van der Waals surface area (Å²) in [4.78, 5) is 16.1. The zero-order valence-electron chi connectivity index (χ0n) is 14.3. The van der Waals surface area contributed by atoms with Gasteiger partial charge in [0.25, 0.3) is 0 Å². The number of carbonyl (C=O) groups excluding carboxylic acids is 1. The molecule has 0 aliphatic carbocycles. The minimum absolute atomic E-state index is 0.200. The molecule has 0 N–H and O–H groups in total. The molecule has 0 saturated carbocycles. The van der Waals surface area contributed by atoms with Gasteiger partial charge in [0.05, 0.1) is 5.52 Å². The lowest BCUT2D eigenvalue weighted by atomic mass is 9.85. The molecule has 0 radical (unpaired) electrons. The van der Waals surface area contributed by atoms with Crippen LogP contribution in [0.25, 0.3) is 22.0 Å². The van der Waals surface area contributed by atoms with Crippen LogP contribution >= 0.6 is 27.5 Å². The molecule has 0 spiro atoms. The normalized spacial score (nSPS) is 15.2. The van der Waals surface area contributed by atoms with E-state index in [2.05, 4.69) is 20.9 Å². The van der Waals surface area contributed by atoms with Crippen LogP contribution in [0.3, 0.4) is 0 Å². The molecule has 0 atom stereocenters. The van der Waals surface area contributed by atoms with Crippen LogP contribution in [0.5, 0.6) is 0 Å². The number of aldehydes is 1. The summed E-state index contributed by atoms with van der Waals surface area (Å²) in [6, 6.07) is 9.96. The minimum Gasteiger partial charge on any atom is -0.381 e. The maximum atomic E-state index is 13.5. The Labute approximate surface area is 169 Å². The van der Waals surface area contributed by atoms with Crippen LogP contribution in [0, 0.1) is 5.82 Å². The van der Waals surface area contributed by atoms with Gasteiger partial charge in [-0.1, -0.05) is 23.7 Å². The van der Waals surface area contributed by atoms with Crippen molar-refractivity contribution in [2.45, 2.75) is 18.8 Å². The highest BCUT2D eigenvalue weighted by Gasteiger charge is 2.25. The highest BCUT2D eigenvalue weighted by molar-refractivity contribution is 9.10. The SMILES string of the molecule is O=Cc1cc2c(-c3ccc(F)cc3)c(C3CCOCC3)c(Cl)nc2cc1Br. The number of aromatic nitrogens is 1. The first-order valence-electron chi connectivity index (χ1n) is 8.70. The number of hydrogen-bond acceptors (Lipinski definition) is 3. The smallest absolute Gasteiger partial charge is 0.151 e. The third-order valence-corrected chi connectivity index (χ3v) is 5.96. The molecular formula is C21H16BrClFNO2. The van der Waals surface area contributed by atoms with Crippen LogP contribution in [0.2, 0.25) is 5.15 Å². The fourth-order valence-electron chi connectivity index (χ4n) is 3.66. The van der Waals surface area contributed by atoms with E-state index in [9.17, 15) is 9.18 Å². The number of benzene rings is 2. The van der Waals surface area contributed by atoms with Crippen molar-refractivity contribution in [2.24, 2.45) is 0 Å². The molecule has 3 nitrogen and oxygen atoms in total.